The number of carbonyl (C=O) groups excluding carboxylic acids is 1. The highest BCUT2D eigenvalue weighted by atomic mass is 16.5. The van der Waals surface area contributed by atoms with Crippen LogP contribution < -0.4 is 0 Å². The summed E-state index contributed by atoms with van der Waals surface area (Å²) in [7, 11) is 0. The second-order valence-electron chi connectivity index (χ2n) is 6.27. The Balaban J connectivity index is 4.59. The van der Waals surface area contributed by atoms with Crippen molar-refractivity contribution in [1.82, 2.24) is 0 Å². The van der Waals surface area contributed by atoms with E-state index in [9.17, 15) is 4.79 Å². The summed E-state index contributed by atoms with van der Waals surface area (Å²) < 4.78 is 5.33. The van der Waals surface area contributed by atoms with E-state index in [2.05, 4.69) is 34.6 Å². The Morgan fingerprint density at radius 2 is 1.62 bits per heavy atom. The maximum absolute atomic E-state index is 12.0. The van der Waals surface area contributed by atoms with Crippen LogP contribution >= 0.6 is 0 Å². The first-order valence-electron chi connectivity index (χ1n) is 8.91. The average molecular weight is 296 g/mol. The van der Waals surface area contributed by atoms with Crippen LogP contribution in [-0.2, 0) is 9.53 Å². The third kappa shape index (κ3) is 8.28. The molecule has 21 heavy (non-hydrogen) atoms. The monoisotopic (exact) mass is 296 g/mol. The highest BCUT2D eigenvalue weighted by Gasteiger charge is 2.26. The Kier molecular flexibility index (Phi) is 11.4. The minimum atomic E-state index is -0.155. The summed E-state index contributed by atoms with van der Waals surface area (Å²) in [6.07, 6.45) is 11.9. The molecule has 0 aliphatic carbocycles. The van der Waals surface area contributed by atoms with E-state index in [4.69, 9.17) is 4.74 Å². The zero-order chi connectivity index (χ0) is 16.1. The molecule has 0 rings (SSSR count). The summed E-state index contributed by atoms with van der Waals surface area (Å²) >= 11 is 0. The fourth-order valence-electron chi connectivity index (χ4n) is 2.74. The van der Waals surface area contributed by atoms with Crippen molar-refractivity contribution in [2.75, 3.05) is 6.61 Å². The molecule has 0 radical (unpaired) electrons. The van der Waals surface area contributed by atoms with Crippen LogP contribution in [0, 0.1) is 5.41 Å². The van der Waals surface area contributed by atoms with E-state index in [1.807, 2.05) is 0 Å². The average Bonchev–Trinajstić information content (AvgIpc) is 2.49. The summed E-state index contributed by atoms with van der Waals surface area (Å²) in [4.78, 5) is 12.0. The highest BCUT2D eigenvalue weighted by Crippen LogP contribution is 2.38. The summed E-state index contributed by atoms with van der Waals surface area (Å²) in [5.41, 5.74) is 1.40. The Hall–Kier alpha value is -0.790. The van der Waals surface area contributed by atoms with Gasteiger partial charge in [0, 0.05) is 6.08 Å². The lowest BCUT2D eigenvalue weighted by atomic mass is 9.74. The number of carbonyl (C=O) groups is 1. The smallest absolute Gasteiger partial charge is 0.330 e. The molecule has 2 heteroatoms. The number of rotatable bonds is 12. The van der Waals surface area contributed by atoms with Crippen molar-refractivity contribution in [2.45, 2.75) is 92.4 Å². The van der Waals surface area contributed by atoms with E-state index in [0.29, 0.717) is 6.61 Å². The van der Waals surface area contributed by atoms with E-state index >= 15 is 0 Å². The van der Waals surface area contributed by atoms with Crippen LogP contribution in [0.3, 0.4) is 0 Å². The molecule has 0 aromatic rings. The number of ether oxygens (including phenoxy) is 1. The predicted molar refractivity (Wildman–Crippen MR) is 91.4 cm³/mol. The molecule has 0 heterocycles. The Bertz CT molecular complexity index is 307. The van der Waals surface area contributed by atoms with Gasteiger partial charge in [-0.15, -0.1) is 0 Å². The molecule has 0 N–H and O–H groups in total. The zero-order valence-electron chi connectivity index (χ0n) is 15.0. The third-order valence-corrected chi connectivity index (χ3v) is 4.55. The summed E-state index contributed by atoms with van der Waals surface area (Å²) in [5, 5.41) is 0. The Labute approximate surface area is 132 Å². The van der Waals surface area contributed by atoms with Gasteiger partial charge >= 0.3 is 5.97 Å². The van der Waals surface area contributed by atoms with Gasteiger partial charge < -0.3 is 4.74 Å². The first-order valence-corrected chi connectivity index (χ1v) is 8.91. The number of hydrogen-bond donors (Lipinski definition) is 0. The van der Waals surface area contributed by atoms with Crippen molar-refractivity contribution in [2.24, 2.45) is 5.41 Å². The molecular weight excluding hydrogens is 260 g/mol. The predicted octanol–water partition coefficient (Wildman–Crippen LogP) is 6.05. The molecule has 0 amide bonds. The maximum atomic E-state index is 12.0. The summed E-state index contributed by atoms with van der Waals surface area (Å²) in [6.45, 7) is 11.6. The standard InChI is InChI=1S/C19H36O2/c1-6-10-12-14-19(5,9-4)17(8-3)16-18(20)21-15-13-11-7-2/h16H,6-15H2,1-5H3. The molecule has 0 saturated carbocycles. The van der Waals surface area contributed by atoms with Crippen molar-refractivity contribution < 1.29 is 9.53 Å². The third-order valence-electron chi connectivity index (χ3n) is 4.55. The van der Waals surface area contributed by atoms with E-state index in [1.54, 1.807) is 6.08 Å². The van der Waals surface area contributed by atoms with E-state index in [-0.39, 0.29) is 11.4 Å². The fraction of sp³-hybridized carbons (Fsp3) is 0.842. The second-order valence-corrected chi connectivity index (χ2v) is 6.27. The first kappa shape index (κ1) is 20.2. The molecule has 0 aliphatic heterocycles. The summed E-state index contributed by atoms with van der Waals surface area (Å²) in [6, 6.07) is 0. The largest absolute Gasteiger partial charge is 0.463 e. The number of allylic oxidation sites excluding steroid dienone is 1. The molecular formula is C19H36O2. The highest BCUT2D eigenvalue weighted by molar-refractivity contribution is 5.83. The van der Waals surface area contributed by atoms with Gasteiger partial charge in [-0.05, 0) is 31.1 Å². The molecule has 0 fully saturated rings. The van der Waals surface area contributed by atoms with Gasteiger partial charge in [0.05, 0.1) is 6.61 Å². The Morgan fingerprint density at radius 1 is 1.00 bits per heavy atom. The number of hydrogen-bond acceptors (Lipinski definition) is 2. The molecule has 1 unspecified atom stereocenters. The SMILES string of the molecule is CCCCCOC(=O)C=C(CC)C(C)(CC)CCCCC. The van der Waals surface area contributed by atoms with Crippen LogP contribution in [0.15, 0.2) is 11.6 Å². The maximum Gasteiger partial charge on any atom is 0.330 e. The molecule has 0 aromatic heterocycles. The van der Waals surface area contributed by atoms with Crippen molar-refractivity contribution in [3.05, 3.63) is 11.6 Å². The van der Waals surface area contributed by atoms with Crippen LogP contribution in [0.25, 0.3) is 0 Å². The van der Waals surface area contributed by atoms with Crippen molar-refractivity contribution in [1.29, 1.82) is 0 Å². The van der Waals surface area contributed by atoms with Gasteiger partial charge in [0.1, 0.15) is 0 Å². The quantitative estimate of drug-likeness (QED) is 0.249. The lowest BCUT2D eigenvalue weighted by Gasteiger charge is -2.31. The van der Waals surface area contributed by atoms with Crippen molar-refractivity contribution in [3.63, 3.8) is 0 Å². The molecule has 0 bridgehead atoms. The molecule has 0 aromatic carbocycles. The van der Waals surface area contributed by atoms with Gasteiger partial charge in [-0.3, -0.25) is 0 Å². The van der Waals surface area contributed by atoms with Gasteiger partial charge in [0.25, 0.3) is 0 Å². The minimum Gasteiger partial charge on any atom is -0.463 e. The molecule has 0 saturated heterocycles. The van der Waals surface area contributed by atoms with Gasteiger partial charge in [-0.2, -0.15) is 0 Å². The molecule has 1 atom stereocenters. The van der Waals surface area contributed by atoms with Crippen LogP contribution in [0.2, 0.25) is 0 Å². The molecule has 2 nitrogen and oxygen atoms in total. The Morgan fingerprint density at radius 3 is 2.14 bits per heavy atom. The fourth-order valence-corrected chi connectivity index (χ4v) is 2.74. The molecule has 0 spiro atoms. The lowest BCUT2D eigenvalue weighted by Crippen LogP contribution is -2.20. The lowest BCUT2D eigenvalue weighted by molar-refractivity contribution is -0.138. The van der Waals surface area contributed by atoms with Gasteiger partial charge in [0.15, 0.2) is 0 Å². The molecule has 0 aliphatic rings. The van der Waals surface area contributed by atoms with Crippen LogP contribution in [-0.4, -0.2) is 12.6 Å². The second kappa shape index (κ2) is 11.8. The normalized spacial score (nSPS) is 14.8. The van der Waals surface area contributed by atoms with Gasteiger partial charge in [-0.25, -0.2) is 4.79 Å². The number of unbranched alkanes of at least 4 members (excludes halogenated alkanes) is 4. The molecule has 124 valence electrons. The zero-order valence-corrected chi connectivity index (χ0v) is 15.0. The van der Waals surface area contributed by atoms with Gasteiger partial charge in [0.2, 0.25) is 0 Å². The van der Waals surface area contributed by atoms with Crippen molar-refractivity contribution in [3.8, 4) is 0 Å². The first-order chi connectivity index (χ1) is 10.0. The number of esters is 1. The van der Waals surface area contributed by atoms with Crippen LogP contribution in [0.1, 0.15) is 92.4 Å². The minimum absolute atomic E-state index is 0.145. The van der Waals surface area contributed by atoms with Gasteiger partial charge in [-0.1, -0.05) is 72.3 Å². The topological polar surface area (TPSA) is 26.3 Å². The van der Waals surface area contributed by atoms with Crippen LogP contribution in [0.5, 0.6) is 0 Å². The van der Waals surface area contributed by atoms with Crippen LogP contribution in [0.4, 0.5) is 0 Å². The van der Waals surface area contributed by atoms with E-state index < -0.39 is 0 Å². The summed E-state index contributed by atoms with van der Waals surface area (Å²) in [5.74, 6) is -0.155. The van der Waals surface area contributed by atoms with E-state index in [1.165, 1.54) is 31.3 Å². The van der Waals surface area contributed by atoms with E-state index in [0.717, 1.165) is 32.1 Å². The van der Waals surface area contributed by atoms with Crippen molar-refractivity contribution >= 4 is 5.97 Å².